The highest BCUT2D eigenvalue weighted by Gasteiger charge is 2.41. The van der Waals surface area contributed by atoms with Crippen LogP contribution >= 0.6 is 0 Å². The number of hydrogen-bond donors (Lipinski definition) is 0. The number of carbonyl (C=O) groups excluding carboxylic acids is 1. The Bertz CT molecular complexity index is 483. The summed E-state index contributed by atoms with van der Waals surface area (Å²) in [5.74, 6) is -0.0470. The van der Waals surface area contributed by atoms with Gasteiger partial charge in [0.05, 0.1) is 12.0 Å². The molecule has 0 amide bonds. The lowest BCUT2D eigenvalue weighted by atomic mass is 9.77. The van der Waals surface area contributed by atoms with Crippen LogP contribution in [0.25, 0.3) is 6.08 Å². The minimum atomic E-state index is -0.381. The van der Waals surface area contributed by atoms with E-state index in [0.717, 1.165) is 32.4 Å². The number of esters is 1. The van der Waals surface area contributed by atoms with E-state index in [2.05, 4.69) is 36.2 Å². The van der Waals surface area contributed by atoms with Gasteiger partial charge in [0.2, 0.25) is 0 Å². The number of benzene rings is 1. The predicted molar refractivity (Wildman–Crippen MR) is 85.9 cm³/mol. The summed E-state index contributed by atoms with van der Waals surface area (Å²) < 4.78 is 5.34. The van der Waals surface area contributed by atoms with Gasteiger partial charge in [0, 0.05) is 6.54 Å². The number of rotatable bonds is 5. The highest BCUT2D eigenvalue weighted by atomic mass is 16.5. The van der Waals surface area contributed by atoms with Gasteiger partial charge in [-0.15, -0.1) is 0 Å². The molecule has 1 atom stereocenters. The van der Waals surface area contributed by atoms with Crippen molar-refractivity contribution in [2.45, 2.75) is 26.2 Å². The van der Waals surface area contributed by atoms with Crippen LogP contribution in [-0.2, 0) is 9.53 Å². The average Bonchev–Trinajstić information content (AvgIpc) is 2.48. The van der Waals surface area contributed by atoms with E-state index in [1.165, 1.54) is 5.56 Å². The summed E-state index contributed by atoms with van der Waals surface area (Å²) >= 11 is 0. The minimum Gasteiger partial charge on any atom is -0.466 e. The lowest BCUT2D eigenvalue weighted by molar-refractivity contribution is -0.158. The van der Waals surface area contributed by atoms with Crippen LogP contribution in [0.4, 0.5) is 0 Å². The maximum atomic E-state index is 12.4. The second kappa shape index (κ2) is 7.41. The van der Waals surface area contributed by atoms with Gasteiger partial charge in [-0.05, 0) is 45.3 Å². The minimum absolute atomic E-state index is 0.0470. The highest BCUT2D eigenvalue weighted by Crippen LogP contribution is 2.35. The number of ether oxygens (including phenoxy) is 1. The van der Waals surface area contributed by atoms with Gasteiger partial charge in [-0.2, -0.15) is 0 Å². The van der Waals surface area contributed by atoms with Crippen LogP contribution in [0.1, 0.15) is 31.7 Å². The Hall–Kier alpha value is -1.61. The zero-order chi connectivity index (χ0) is 15.1. The Morgan fingerprint density at radius 2 is 2.14 bits per heavy atom. The Morgan fingerprint density at radius 3 is 2.81 bits per heavy atom. The molecule has 0 aromatic heterocycles. The van der Waals surface area contributed by atoms with Crippen LogP contribution in [-0.4, -0.2) is 37.6 Å². The van der Waals surface area contributed by atoms with E-state index in [-0.39, 0.29) is 11.4 Å². The normalized spacial score (nSPS) is 23.3. The molecule has 3 heteroatoms. The Labute approximate surface area is 127 Å². The molecule has 1 fully saturated rings. The van der Waals surface area contributed by atoms with Crippen molar-refractivity contribution in [2.75, 3.05) is 26.7 Å². The van der Waals surface area contributed by atoms with Crippen molar-refractivity contribution in [3.63, 3.8) is 0 Å². The van der Waals surface area contributed by atoms with Crippen molar-refractivity contribution in [3.05, 3.63) is 42.0 Å². The van der Waals surface area contributed by atoms with Gasteiger partial charge in [0.1, 0.15) is 0 Å². The molecule has 3 nitrogen and oxygen atoms in total. The molecule has 1 unspecified atom stereocenters. The van der Waals surface area contributed by atoms with Gasteiger partial charge in [-0.1, -0.05) is 42.5 Å². The molecule has 21 heavy (non-hydrogen) atoms. The van der Waals surface area contributed by atoms with Crippen molar-refractivity contribution in [2.24, 2.45) is 5.41 Å². The topological polar surface area (TPSA) is 29.5 Å². The molecule has 1 aromatic carbocycles. The first-order valence-electron chi connectivity index (χ1n) is 7.74. The van der Waals surface area contributed by atoms with Crippen molar-refractivity contribution < 1.29 is 9.53 Å². The van der Waals surface area contributed by atoms with Gasteiger partial charge in [-0.3, -0.25) is 4.79 Å². The molecule has 1 aromatic rings. The quantitative estimate of drug-likeness (QED) is 0.778. The standard InChI is InChI=1S/C18H25NO2/c1-3-21-17(20)18(13-8-14-19(2)15-18)12-7-11-16-9-5-4-6-10-16/h4-7,9-11H,3,8,12-15H2,1-2H3. The molecule has 1 aliphatic heterocycles. The fraction of sp³-hybridized carbons (Fsp3) is 0.500. The van der Waals surface area contributed by atoms with Gasteiger partial charge >= 0.3 is 5.97 Å². The number of nitrogens with zero attached hydrogens (tertiary/aromatic N) is 1. The van der Waals surface area contributed by atoms with E-state index in [1.807, 2.05) is 25.1 Å². The van der Waals surface area contributed by atoms with E-state index in [0.29, 0.717) is 6.61 Å². The maximum absolute atomic E-state index is 12.4. The molecule has 0 aliphatic carbocycles. The van der Waals surface area contributed by atoms with Crippen LogP contribution in [0.2, 0.25) is 0 Å². The molecule has 0 radical (unpaired) electrons. The average molecular weight is 287 g/mol. The van der Waals surface area contributed by atoms with Crippen LogP contribution in [0.3, 0.4) is 0 Å². The zero-order valence-corrected chi connectivity index (χ0v) is 13.0. The first kappa shape index (κ1) is 15.8. The van der Waals surface area contributed by atoms with E-state index in [9.17, 15) is 4.79 Å². The fourth-order valence-electron chi connectivity index (χ4n) is 3.05. The lowest BCUT2D eigenvalue weighted by Gasteiger charge is -2.38. The third-order valence-electron chi connectivity index (χ3n) is 4.09. The second-order valence-electron chi connectivity index (χ2n) is 5.86. The summed E-state index contributed by atoms with van der Waals surface area (Å²) in [5.41, 5.74) is 0.787. The smallest absolute Gasteiger partial charge is 0.313 e. The molecule has 0 spiro atoms. The van der Waals surface area contributed by atoms with Crippen molar-refractivity contribution in [3.8, 4) is 0 Å². The molecular weight excluding hydrogens is 262 g/mol. The molecule has 0 N–H and O–H groups in total. The van der Waals surface area contributed by atoms with E-state index in [1.54, 1.807) is 0 Å². The van der Waals surface area contributed by atoms with Crippen molar-refractivity contribution in [1.29, 1.82) is 0 Å². The summed E-state index contributed by atoms with van der Waals surface area (Å²) in [7, 11) is 2.08. The monoisotopic (exact) mass is 287 g/mol. The van der Waals surface area contributed by atoms with Gasteiger partial charge in [0.25, 0.3) is 0 Å². The van der Waals surface area contributed by atoms with Gasteiger partial charge < -0.3 is 9.64 Å². The Balaban J connectivity index is 2.09. The predicted octanol–water partition coefficient (Wildman–Crippen LogP) is 3.37. The molecule has 0 bridgehead atoms. The number of piperidine rings is 1. The highest BCUT2D eigenvalue weighted by molar-refractivity contribution is 5.77. The first-order valence-corrected chi connectivity index (χ1v) is 7.74. The molecule has 1 saturated heterocycles. The third kappa shape index (κ3) is 4.18. The number of likely N-dealkylation sites (tertiary alicyclic amines) is 1. The Morgan fingerprint density at radius 1 is 1.38 bits per heavy atom. The number of carbonyl (C=O) groups is 1. The number of allylic oxidation sites excluding steroid dienone is 1. The summed E-state index contributed by atoms with van der Waals surface area (Å²) in [6.45, 7) is 4.17. The first-order chi connectivity index (χ1) is 10.2. The molecule has 1 heterocycles. The van der Waals surface area contributed by atoms with E-state index in [4.69, 9.17) is 4.74 Å². The summed E-state index contributed by atoms with van der Waals surface area (Å²) in [4.78, 5) is 14.7. The van der Waals surface area contributed by atoms with Crippen LogP contribution < -0.4 is 0 Å². The van der Waals surface area contributed by atoms with Crippen molar-refractivity contribution >= 4 is 12.0 Å². The van der Waals surface area contributed by atoms with Crippen molar-refractivity contribution in [1.82, 2.24) is 4.90 Å². The lowest BCUT2D eigenvalue weighted by Crippen LogP contribution is -2.46. The van der Waals surface area contributed by atoms with Crippen LogP contribution in [0.15, 0.2) is 36.4 Å². The van der Waals surface area contributed by atoms with Crippen LogP contribution in [0, 0.1) is 5.41 Å². The summed E-state index contributed by atoms with van der Waals surface area (Å²) in [6.07, 6.45) is 6.91. The molecular formula is C18H25NO2. The SMILES string of the molecule is CCOC(=O)C1(CC=Cc2ccccc2)CCCN(C)C1. The zero-order valence-electron chi connectivity index (χ0n) is 13.0. The summed E-state index contributed by atoms with van der Waals surface area (Å²) in [6, 6.07) is 10.2. The Kier molecular flexibility index (Phi) is 5.57. The molecule has 1 aliphatic rings. The molecule has 0 saturated carbocycles. The number of hydrogen-bond acceptors (Lipinski definition) is 3. The maximum Gasteiger partial charge on any atom is 0.313 e. The molecule has 2 rings (SSSR count). The van der Waals surface area contributed by atoms with Gasteiger partial charge in [-0.25, -0.2) is 0 Å². The second-order valence-corrected chi connectivity index (χ2v) is 5.86. The largest absolute Gasteiger partial charge is 0.466 e. The van der Waals surface area contributed by atoms with E-state index < -0.39 is 0 Å². The van der Waals surface area contributed by atoms with Crippen LogP contribution in [0.5, 0.6) is 0 Å². The summed E-state index contributed by atoms with van der Waals surface area (Å²) in [5, 5.41) is 0. The van der Waals surface area contributed by atoms with Gasteiger partial charge in [0.15, 0.2) is 0 Å². The third-order valence-corrected chi connectivity index (χ3v) is 4.09. The fourth-order valence-corrected chi connectivity index (χ4v) is 3.05. The van der Waals surface area contributed by atoms with E-state index >= 15 is 0 Å². The molecule has 114 valence electrons.